The maximum Gasteiger partial charge on any atom is 3.00 e. The Bertz CT molecular complexity index is 3550. The minimum atomic E-state index is 0. The standard InChI is InChI=1S/C60H35N4.Ir/c1-3-15-51(49(13-1)41-24-27-54-43(33-41)22-20-39-11-9-31-62-59(39)54)46-35-47(52-16-4-2-14-50(52)42-25-28-55-44(34-42)23-21-40-12-10-32-63-60(40)55)37-48(36-46)53-17-5-6-18-56(53)58-29-26-45(38-64-58)57-19-7-8-30-61-57;/h1-25,29-38H;/q-3;+3. The van der Waals surface area contributed by atoms with Crippen LogP contribution in [0, 0.1) is 18.2 Å². The van der Waals surface area contributed by atoms with E-state index in [2.05, 4.69) is 175 Å². The van der Waals surface area contributed by atoms with E-state index in [0.717, 1.165) is 122 Å². The molecule has 0 bridgehead atoms. The number of hydrogen-bond acceptors (Lipinski definition) is 4. The van der Waals surface area contributed by atoms with Crippen LogP contribution in [0.5, 0.6) is 0 Å². The van der Waals surface area contributed by atoms with Gasteiger partial charge in [0.1, 0.15) is 0 Å². The van der Waals surface area contributed by atoms with Crippen molar-refractivity contribution in [3.8, 4) is 78.1 Å². The molecule has 4 aromatic heterocycles. The third-order valence-corrected chi connectivity index (χ3v) is 12.2. The van der Waals surface area contributed by atoms with Crippen LogP contribution >= 0.6 is 0 Å². The van der Waals surface area contributed by atoms with Crippen molar-refractivity contribution in [1.29, 1.82) is 0 Å². The van der Waals surface area contributed by atoms with E-state index in [9.17, 15) is 0 Å². The second-order valence-corrected chi connectivity index (χ2v) is 16.0. The third kappa shape index (κ3) is 7.37. The summed E-state index contributed by atoms with van der Waals surface area (Å²) in [5, 5.41) is 6.45. The van der Waals surface area contributed by atoms with Gasteiger partial charge in [0.05, 0.1) is 0 Å². The first-order valence-corrected chi connectivity index (χ1v) is 21.3. The van der Waals surface area contributed by atoms with Crippen molar-refractivity contribution < 1.29 is 20.1 Å². The number of nitrogens with zero attached hydrogens (tertiary/aromatic N) is 4. The van der Waals surface area contributed by atoms with Crippen molar-refractivity contribution in [2.45, 2.75) is 0 Å². The van der Waals surface area contributed by atoms with Crippen LogP contribution in [0.2, 0.25) is 0 Å². The summed E-state index contributed by atoms with van der Waals surface area (Å²) in [7, 11) is 0. The summed E-state index contributed by atoms with van der Waals surface area (Å²) in [5.74, 6) is 0. The molecule has 0 aliphatic rings. The van der Waals surface area contributed by atoms with E-state index in [1.807, 2.05) is 55.0 Å². The van der Waals surface area contributed by atoms with Gasteiger partial charge in [0.2, 0.25) is 0 Å². The Hall–Kier alpha value is -7.95. The van der Waals surface area contributed by atoms with E-state index in [4.69, 9.17) is 15.0 Å². The van der Waals surface area contributed by atoms with Gasteiger partial charge in [0.15, 0.2) is 0 Å². The van der Waals surface area contributed by atoms with Crippen LogP contribution in [0.15, 0.2) is 213 Å². The van der Waals surface area contributed by atoms with Crippen molar-refractivity contribution in [1.82, 2.24) is 19.9 Å². The molecule has 0 atom stereocenters. The summed E-state index contributed by atoms with van der Waals surface area (Å²) in [6.07, 6.45) is 7.36. The molecule has 4 heterocycles. The van der Waals surface area contributed by atoms with Gasteiger partial charge >= 0.3 is 20.1 Å². The first-order valence-electron chi connectivity index (χ1n) is 21.3. The number of hydrogen-bond donors (Lipinski definition) is 0. The van der Waals surface area contributed by atoms with Gasteiger partial charge in [-0.1, -0.05) is 150 Å². The van der Waals surface area contributed by atoms with Crippen LogP contribution in [0.3, 0.4) is 0 Å². The summed E-state index contributed by atoms with van der Waals surface area (Å²) in [4.78, 5) is 18.9. The number of fused-ring (bicyclic) bond motifs is 6. The molecule has 65 heavy (non-hydrogen) atoms. The van der Waals surface area contributed by atoms with Crippen LogP contribution in [-0.2, 0) is 20.1 Å². The third-order valence-electron chi connectivity index (χ3n) is 12.2. The topological polar surface area (TPSA) is 51.6 Å². The van der Waals surface area contributed by atoms with Gasteiger partial charge in [0.25, 0.3) is 0 Å². The molecule has 0 saturated carbocycles. The molecule has 0 N–H and O–H groups in total. The monoisotopic (exact) mass is 1000 g/mol. The molecular weight excluding hydrogens is 969 g/mol. The smallest absolute Gasteiger partial charge is 0.352 e. The van der Waals surface area contributed by atoms with Gasteiger partial charge in [-0.25, -0.2) is 0 Å². The molecule has 12 aromatic rings. The molecule has 0 fully saturated rings. The van der Waals surface area contributed by atoms with Crippen molar-refractivity contribution in [2.75, 3.05) is 0 Å². The zero-order valence-electron chi connectivity index (χ0n) is 34.8. The van der Waals surface area contributed by atoms with Crippen LogP contribution < -0.4 is 0 Å². The number of aromatic nitrogens is 4. The Kier molecular flexibility index (Phi) is 10.4. The van der Waals surface area contributed by atoms with Crippen molar-refractivity contribution in [3.05, 3.63) is 231 Å². The second kappa shape index (κ2) is 17.0. The first-order chi connectivity index (χ1) is 31.7. The van der Waals surface area contributed by atoms with Crippen molar-refractivity contribution in [2.24, 2.45) is 0 Å². The van der Waals surface area contributed by atoms with Gasteiger partial charge in [0, 0.05) is 18.6 Å². The van der Waals surface area contributed by atoms with Gasteiger partial charge in [-0.05, 0) is 109 Å². The Morgan fingerprint density at radius 3 is 1.23 bits per heavy atom. The average Bonchev–Trinajstić information content (AvgIpc) is 3.38. The normalized spacial score (nSPS) is 11.3. The summed E-state index contributed by atoms with van der Waals surface area (Å²) in [6, 6.07) is 76.9. The van der Waals surface area contributed by atoms with E-state index < -0.39 is 0 Å². The fourth-order valence-electron chi connectivity index (χ4n) is 9.08. The van der Waals surface area contributed by atoms with Crippen LogP contribution in [0.4, 0.5) is 0 Å². The molecule has 0 saturated heterocycles. The quantitative estimate of drug-likeness (QED) is 0.118. The number of rotatable bonds is 7. The number of benzene rings is 8. The predicted octanol–water partition coefficient (Wildman–Crippen LogP) is 14.9. The van der Waals surface area contributed by atoms with Crippen LogP contribution in [0.25, 0.3) is 122 Å². The zero-order chi connectivity index (χ0) is 42.4. The fraction of sp³-hybridized carbons (Fsp3) is 0. The van der Waals surface area contributed by atoms with E-state index in [-0.39, 0.29) is 20.1 Å². The van der Waals surface area contributed by atoms with Crippen molar-refractivity contribution in [3.63, 3.8) is 0 Å². The summed E-state index contributed by atoms with van der Waals surface area (Å²) >= 11 is 0. The summed E-state index contributed by atoms with van der Waals surface area (Å²) < 4.78 is 0. The van der Waals surface area contributed by atoms with E-state index >= 15 is 0 Å². The minimum absolute atomic E-state index is 0. The average molecular weight is 1000 g/mol. The van der Waals surface area contributed by atoms with Gasteiger partial charge in [-0.2, -0.15) is 0 Å². The Labute approximate surface area is 390 Å². The molecule has 0 aliphatic heterocycles. The SMILES string of the molecule is [Ir+3].[c-]1cc(-c2ccccc2-c2cc(-c3ccccc3-c3c[c-]c4c(ccc5cccnc54)c3)cc(-c3ccccc3-c3c[c-]c4c(ccc5cccnc54)c3)c2)ncc1-c1ccccn1. The number of pyridine rings is 4. The van der Waals surface area contributed by atoms with Crippen molar-refractivity contribution >= 4 is 43.4 Å². The molecular formula is C60H35IrN4. The molecule has 12 rings (SSSR count). The maximum absolute atomic E-state index is 4.98. The van der Waals surface area contributed by atoms with Gasteiger partial charge < -0.3 is 19.9 Å². The van der Waals surface area contributed by atoms with Crippen LogP contribution in [0.1, 0.15) is 0 Å². The molecule has 4 nitrogen and oxygen atoms in total. The van der Waals surface area contributed by atoms with Crippen LogP contribution in [-0.4, -0.2) is 19.9 Å². The second-order valence-electron chi connectivity index (χ2n) is 16.0. The largest absolute Gasteiger partial charge is 3.00 e. The Balaban J connectivity index is 0.00000469. The van der Waals surface area contributed by atoms with E-state index in [1.54, 1.807) is 6.20 Å². The molecule has 0 amide bonds. The Morgan fingerprint density at radius 2 is 0.754 bits per heavy atom. The fourth-order valence-corrected chi connectivity index (χ4v) is 9.08. The summed E-state index contributed by atoms with van der Waals surface area (Å²) in [6.45, 7) is 0. The zero-order valence-corrected chi connectivity index (χ0v) is 37.2. The van der Waals surface area contributed by atoms with Gasteiger partial charge in [-0.3, -0.25) is 0 Å². The minimum Gasteiger partial charge on any atom is -0.352 e. The molecule has 0 spiro atoms. The molecule has 5 heteroatoms. The molecule has 8 aromatic carbocycles. The molecule has 0 radical (unpaired) electrons. The van der Waals surface area contributed by atoms with E-state index in [0.29, 0.717) is 0 Å². The molecule has 0 aliphatic carbocycles. The predicted molar refractivity (Wildman–Crippen MR) is 262 cm³/mol. The first kappa shape index (κ1) is 39.9. The van der Waals surface area contributed by atoms with E-state index in [1.165, 1.54) is 0 Å². The molecule has 304 valence electrons. The van der Waals surface area contributed by atoms with Gasteiger partial charge in [-0.15, -0.1) is 75.6 Å². The maximum atomic E-state index is 4.98. The molecule has 0 unspecified atom stereocenters. The Morgan fingerprint density at radius 1 is 0.308 bits per heavy atom. The summed E-state index contributed by atoms with van der Waals surface area (Å²) in [5.41, 5.74) is 16.5.